The summed E-state index contributed by atoms with van der Waals surface area (Å²) in [5.41, 5.74) is 2.77. The van der Waals surface area contributed by atoms with Crippen LogP contribution in [0.1, 0.15) is 43.7 Å². The minimum atomic E-state index is -0.0646. The van der Waals surface area contributed by atoms with E-state index in [0.717, 1.165) is 44.5 Å². The van der Waals surface area contributed by atoms with Gasteiger partial charge in [0.2, 0.25) is 0 Å². The summed E-state index contributed by atoms with van der Waals surface area (Å²) < 4.78 is 5.76. The topological polar surface area (TPSA) is 29.5 Å². The van der Waals surface area contributed by atoms with Crippen LogP contribution in [0.15, 0.2) is 30.9 Å². The summed E-state index contributed by atoms with van der Waals surface area (Å²) in [6.07, 6.45) is 6.49. The largest absolute Gasteiger partial charge is 0.496 e. The Morgan fingerprint density at radius 3 is 3.00 bits per heavy atom. The monoisotopic (exact) mass is 325 g/mol. The van der Waals surface area contributed by atoms with Crippen LogP contribution < -0.4 is 4.74 Å². The van der Waals surface area contributed by atoms with E-state index in [-0.39, 0.29) is 10.8 Å². The second-order valence-electron chi connectivity index (χ2n) is 7.96. The van der Waals surface area contributed by atoms with Gasteiger partial charge in [0, 0.05) is 36.4 Å². The third kappa shape index (κ3) is 1.91. The maximum absolute atomic E-state index is 12.5. The maximum Gasteiger partial charge on any atom is 0.133 e. The van der Waals surface area contributed by atoms with Crippen LogP contribution in [0.3, 0.4) is 0 Å². The second-order valence-corrected chi connectivity index (χ2v) is 7.96. The van der Waals surface area contributed by atoms with Gasteiger partial charge in [-0.15, -0.1) is 6.58 Å². The molecule has 2 aliphatic carbocycles. The molecule has 1 aromatic carbocycles. The zero-order valence-electron chi connectivity index (χ0n) is 14.8. The number of ketones is 1. The Morgan fingerprint density at radius 1 is 1.42 bits per heavy atom. The quantitative estimate of drug-likeness (QED) is 0.797. The Labute approximate surface area is 144 Å². The molecule has 3 heteroatoms. The molecule has 4 rings (SSSR count). The van der Waals surface area contributed by atoms with Crippen LogP contribution in [0.25, 0.3) is 0 Å². The Kier molecular flexibility index (Phi) is 3.61. The SMILES string of the molecule is C=CCN1CC[C@]23CC(=O)CC[C@@]2(C)[C@H]1Cc1cccc(OC)c13. The first-order valence-corrected chi connectivity index (χ1v) is 9.09. The summed E-state index contributed by atoms with van der Waals surface area (Å²) in [6, 6.07) is 6.89. The van der Waals surface area contributed by atoms with Gasteiger partial charge in [0.25, 0.3) is 0 Å². The van der Waals surface area contributed by atoms with E-state index < -0.39 is 0 Å². The lowest BCUT2D eigenvalue weighted by Crippen LogP contribution is -2.67. The molecule has 128 valence electrons. The highest BCUT2D eigenvalue weighted by molar-refractivity contribution is 5.82. The van der Waals surface area contributed by atoms with Gasteiger partial charge >= 0.3 is 0 Å². The van der Waals surface area contributed by atoms with Crippen LogP contribution in [-0.4, -0.2) is 36.9 Å². The molecule has 1 saturated heterocycles. The summed E-state index contributed by atoms with van der Waals surface area (Å²) in [6.45, 7) is 8.35. The summed E-state index contributed by atoms with van der Waals surface area (Å²) >= 11 is 0. The normalized spacial score (nSPS) is 35.1. The zero-order chi connectivity index (χ0) is 16.9. The number of carbonyl (C=O) groups is 1. The number of fused-ring (bicyclic) bond motifs is 1. The van der Waals surface area contributed by atoms with Crippen LogP contribution in [-0.2, 0) is 16.6 Å². The molecule has 2 bridgehead atoms. The summed E-state index contributed by atoms with van der Waals surface area (Å²) in [5.74, 6) is 1.39. The van der Waals surface area contributed by atoms with E-state index in [0.29, 0.717) is 18.2 Å². The van der Waals surface area contributed by atoms with Gasteiger partial charge in [-0.25, -0.2) is 0 Å². The molecule has 0 unspecified atom stereocenters. The second kappa shape index (κ2) is 5.45. The Bertz CT molecular complexity index is 697. The molecule has 0 radical (unpaired) electrons. The molecule has 3 nitrogen and oxygen atoms in total. The highest BCUT2D eigenvalue weighted by Crippen LogP contribution is 2.63. The summed E-state index contributed by atoms with van der Waals surface area (Å²) in [4.78, 5) is 15.1. The lowest BCUT2D eigenvalue weighted by atomic mass is 9.44. The molecule has 3 aliphatic rings. The number of Topliss-reactive ketones (excluding diaryl/α,β-unsaturated/α-hetero) is 1. The van der Waals surface area contributed by atoms with E-state index in [1.807, 2.05) is 6.08 Å². The molecule has 2 fully saturated rings. The van der Waals surface area contributed by atoms with Gasteiger partial charge in [0.1, 0.15) is 11.5 Å². The lowest BCUT2D eigenvalue weighted by Gasteiger charge is -2.65. The van der Waals surface area contributed by atoms with Crippen molar-refractivity contribution in [3.8, 4) is 5.75 Å². The fraction of sp³-hybridized carbons (Fsp3) is 0.571. The van der Waals surface area contributed by atoms with E-state index in [1.54, 1.807) is 7.11 Å². The number of carbonyl (C=O) groups excluding carboxylic acids is 1. The molecule has 0 spiro atoms. The van der Waals surface area contributed by atoms with Crippen molar-refractivity contribution in [1.29, 1.82) is 0 Å². The smallest absolute Gasteiger partial charge is 0.133 e. The Hall–Kier alpha value is -1.61. The van der Waals surface area contributed by atoms with E-state index in [9.17, 15) is 4.79 Å². The number of rotatable bonds is 3. The van der Waals surface area contributed by atoms with Gasteiger partial charge in [-0.2, -0.15) is 0 Å². The fourth-order valence-corrected chi connectivity index (χ4v) is 5.92. The van der Waals surface area contributed by atoms with Crippen LogP contribution in [0.4, 0.5) is 0 Å². The third-order valence-electron chi connectivity index (χ3n) is 7.11. The molecule has 0 N–H and O–H groups in total. The molecule has 1 saturated carbocycles. The van der Waals surface area contributed by atoms with Gasteiger partial charge in [-0.1, -0.05) is 25.1 Å². The van der Waals surface area contributed by atoms with Gasteiger partial charge in [0.15, 0.2) is 0 Å². The minimum absolute atomic E-state index is 0.0646. The predicted octanol–water partition coefficient (Wildman–Crippen LogP) is 3.51. The summed E-state index contributed by atoms with van der Waals surface area (Å²) in [7, 11) is 1.76. The van der Waals surface area contributed by atoms with Crippen LogP contribution in [0.2, 0.25) is 0 Å². The molecule has 3 atom stereocenters. The molecule has 1 aliphatic heterocycles. The van der Waals surface area contributed by atoms with E-state index in [2.05, 4.69) is 36.6 Å². The molecule has 0 aromatic heterocycles. The van der Waals surface area contributed by atoms with Crippen LogP contribution in [0.5, 0.6) is 5.75 Å². The molecule has 24 heavy (non-hydrogen) atoms. The number of hydrogen-bond acceptors (Lipinski definition) is 3. The minimum Gasteiger partial charge on any atom is -0.496 e. The van der Waals surface area contributed by atoms with Crippen molar-refractivity contribution in [2.45, 2.75) is 50.5 Å². The van der Waals surface area contributed by atoms with E-state index in [4.69, 9.17) is 4.74 Å². The highest BCUT2D eigenvalue weighted by atomic mass is 16.5. The predicted molar refractivity (Wildman–Crippen MR) is 95.5 cm³/mol. The van der Waals surface area contributed by atoms with Gasteiger partial charge < -0.3 is 4.74 Å². The van der Waals surface area contributed by atoms with Crippen molar-refractivity contribution < 1.29 is 9.53 Å². The van der Waals surface area contributed by atoms with Crippen molar-refractivity contribution in [2.75, 3.05) is 20.2 Å². The standard InChI is InChI=1S/C21H27NO2/c1-4-11-22-12-10-21-14-16(23)8-9-20(21,2)18(22)13-15-6-5-7-17(24-3)19(15)21/h4-7,18H,1,8-14H2,2-3H3/t18-,20+,21-/m1/s1. The highest BCUT2D eigenvalue weighted by Gasteiger charge is 2.63. The number of methoxy groups -OCH3 is 1. The number of benzene rings is 1. The molecular formula is C21H27NO2. The van der Waals surface area contributed by atoms with E-state index >= 15 is 0 Å². The summed E-state index contributed by atoms with van der Waals surface area (Å²) in [5, 5.41) is 0. The van der Waals surface area contributed by atoms with Crippen molar-refractivity contribution in [3.05, 3.63) is 42.0 Å². The van der Waals surface area contributed by atoms with Crippen LogP contribution in [0, 0.1) is 5.41 Å². The lowest BCUT2D eigenvalue weighted by molar-refractivity contribution is -0.136. The number of nitrogens with zero attached hydrogens (tertiary/aromatic N) is 1. The first kappa shape index (κ1) is 15.9. The van der Waals surface area contributed by atoms with E-state index in [1.165, 1.54) is 11.1 Å². The van der Waals surface area contributed by atoms with Crippen molar-refractivity contribution >= 4 is 5.78 Å². The third-order valence-corrected chi connectivity index (χ3v) is 7.11. The average Bonchev–Trinajstić information content (AvgIpc) is 2.57. The van der Waals surface area contributed by atoms with Crippen molar-refractivity contribution in [2.24, 2.45) is 5.41 Å². The molecule has 1 aromatic rings. The van der Waals surface area contributed by atoms with Gasteiger partial charge in [-0.3, -0.25) is 9.69 Å². The first-order chi connectivity index (χ1) is 11.6. The van der Waals surface area contributed by atoms with Gasteiger partial charge in [-0.05, 0) is 42.9 Å². The molecular weight excluding hydrogens is 298 g/mol. The van der Waals surface area contributed by atoms with Crippen molar-refractivity contribution in [1.82, 2.24) is 4.90 Å². The maximum atomic E-state index is 12.5. The molecule has 1 heterocycles. The average molecular weight is 325 g/mol. The van der Waals surface area contributed by atoms with Crippen LogP contribution >= 0.6 is 0 Å². The molecule has 0 amide bonds. The Balaban J connectivity index is 1.94. The number of hydrogen-bond donors (Lipinski definition) is 0. The fourth-order valence-electron chi connectivity index (χ4n) is 5.92. The Morgan fingerprint density at radius 2 is 2.25 bits per heavy atom. The number of likely N-dealkylation sites (tertiary alicyclic amines) is 1. The van der Waals surface area contributed by atoms with Crippen molar-refractivity contribution in [3.63, 3.8) is 0 Å². The van der Waals surface area contributed by atoms with Gasteiger partial charge in [0.05, 0.1) is 7.11 Å². The number of ether oxygens (including phenoxy) is 1. The number of piperidine rings is 1. The first-order valence-electron chi connectivity index (χ1n) is 9.09. The zero-order valence-corrected chi connectivity index (χ0v) is 14.8.